The smallest absolute Gasteiger partial charge is 0.316 e. The summed E-state index contributed by atoms with van der Waals surface area (Å²) in [6, 6.07) is 13.6. The van der Waals surface area contributed by atoms with Gasteiger partial charge in [-0.15, -0.1) is 10.2 Å². The van der Waals surface area contributed by atoms with Crippen molar-refractivity contribution in [1.29, 1.82) is 0 Å². The van der Waals surface area contributed by atoms with Crippen LogP contribution < -0.4 is 0 Å². The first kappa shape index (κ1) is 24.7. The van der Waals surface area contributed by atoms with Crippen LogP contribution >= 0.6 is 23.4 Å². The topological polar surface area (TPSA) is 57.0 Å². The van der Waals surface area contributed by atoms with Crippen LogP contribution in [0.3, 0.4) is 0 Å². The van der Waals surface area contributed by atoms with E-state index < -0.39 is 5.82 Å². The van der Waals surface area contributed by atoms with Gasteiger partial charge in [0.15, 0.2) is 11.0 Å². The predicted molar refractivity (Wildman–Crippen MR) is 134 cm³/mol. The van der Waals surface area contributed by atoms with Crippen LogP contribution in [0.25, 0.3) is 17.1 Å². The third-order valence-corrected chi connectivity index (χ3v) is 7.64. The Hall–Kier alpha value is -2.38. The maximum Gasteiger partial charge on any atom is 0.316 e. The summed E-state index contributed by atoms with van der Waals surface area (Å²) in [6.45, 7) is 6.58. The van der Waals surface area contributed by atoms with Gasteiger partial charge in [-0.25, -0.2) is 4.39 Å². The molecular weight excluding hydrogens is 473 g/mol. The number of hydrogen-bond donors (Lipinski definition) is 0. The van der Waals surface area contributed by atoms with Crippen molar-refractivity contribution in [3.05, 3.63) is 59.4 Å². The summed E-state index contributed by atoms with van der Waals surface area (Å²) in [6.07, 6.45) is 3.07. The second kappa shape index (κ2) is 10.9. The summed E-state index contributed by atoms with van der Waals surface area (Å²) in [5.41, 5.74) is 0.921. The molecule has 0 aliphatic heterocycles. The normalized spacial score (nSPS) is 20.5. The molecule has 0 saturated heterocycles. The van der Waals surface area contributed by atoms with E-state index in [1.807, 2.05) is 18.2 Å². The van der Waals surface area contributed by atoms with Crippen LogP contribution in [0.5, 0.6) is 0 Å². The fourth-order valence-electron chi connectivity index (χ4n) is 4.61. The lowest BCUT2D eigenvalue weighted by Gasteiger charge is -2.36. The fourth-order valence-corrected chi connectivity index (χ4v) is 5.55. The standard InChI is InChI=1S/C26H29ClFN3O2S/c1-16(2)18-13-12-17(3)14-23(18)33-24(32)15-34-26-30-29-25(19-8-4-5-9-20(19)27)31(26)22-11-7-6-10-21(22)28/h4-11,16-18,23H,12-15H2,1-3H3. The van der Waals surface area contributed by atoms with E-state index in [1.54, 1.807) is 28.8 Å². The Morgan fingerprint density at radius 3 is 2.65 bits per heavy atom. The molecule has 5 nitrogen and oxygen atoms in total. The summed E-state index contributed by atoms with van der Waals surface area (Å²) < 4.78 is 22.3. The molecule has 2 aromatic carbocycles. The van der Waals surface area contributed by atoms with Crippen molar-refractivity contribution in [3.8, 4) is 17.1 Å². The highest BCUT2D eigenvalue weighted by Crippen LogP contribution is 2.36. The molecule has 1 aromatic heterocycles. The van der Waals surface area contributed by atoms with Crippen molar-refractivity contribution in [3.63, 3.8) is 0 Å². The Balaban J connectivity index is 1.57. The van der Waals surface area contributed by atoms with E-state index in [1.165, 1.54) is 24.2 Å². The number of ether oxygens (including phenoxy) is 1. The average molecular weight is 502 g/mol. The SMILES string of the molecule is CC1CCC(C(C)C)C(OC(=O)CSc2nnc(-c3ccccc3Cl)n2-c2ccccc2F)C1. The third kappa shape index (κ3) is 5.47. The molecular formula is C26H29ClFN3O2S. The van der Waals surface area contributed by atoms with E-state index in [0.717, 1.165) is 12.8 Å². The Morgan fingerprint density at radius 2 is 1.91 bits per heavy atom. The van der Waals surface area contributed by atoms with Crippen LogP contribution in [0.2, 0.25) is 5.02 Å². The van der Waals surface area contributed by atoms with Gasteiger partial charge in [0.2, 0.25) is 0 Å². The number of halogens is 2. The largest absolute Gasteiger partial charge is 0.461 e. The average Bonchev–Trinajstić information content (AvgIpc) is 3.21. The van der Waals surface area contributed by atoms with E-state index >= 15 is 0 Å². The molecule has 0 N–H and O–H groups in total. The van der Waals surface area contributed by atoms with Gasteiger partial charge in [-0.05, 0) is 54.9 Å². The molecule has 1 aliphatic carbocycles. The molecule has 0 amide bonds. The number of carbonyl (C=O) groups excluding carboxylic acids is 1. The summed E-state index contributed by atoms with van der Waals surface area (Å²) in [5, 5.41) is 9.44. The first-order chi connectivity index (χ1) is 16.3. The summed E-state index contributed by atoms with van der Waals surface area (Å²) in [7, 11) is 0. The van der Waals surface area contributed by atoms with Crippen LogP contribution in [0, 0.1) is 23.6 Å². The minimum Gasteiger partial charge on any atom is -0.461 e. The summed E-state index contributed by atoms with van der Waals surface area (Å²) in [5.74, 6) is 1.13. The van der Waals surface area contributed by atoms with Crippen molar-refractivity contribution in [1.82, 2.24) is 14.8 Å². The monoisotopic (exact) mass is 501 g/mol. The van der Waals surface area contributed by atoms with E-state index in [9.17, 15) is 9.18 Å². The second-order valence-corrected chi connectivity index (χ2v) is 10.6. The van der Waals surface area contributed by atoms with Gasteiger partial charge in [0.05, 0.1) is 16.5 Å². The number of thioether (sulfide) groups is 1. The fraction of sp³-hybridized carbons (Fsp3) is 0.423. The number of hydrogen-bond acceptors (Lipinski definition) is 5. The number of esters is 1. The van der Waals surface area contributed by atoms with Crippen LogP contribution in [-0.2, 0) is 9.53 Å². The molecule has 0 radical (unpaired) electrons. The number of para-hydroxylation sites is 1. The van der Waals surface area contributed by atoms with Gasteiger partial charge >= 0.3 is 5.97 Å². The van der Waals surface area contributed by atoms with E-state index in [0.29, 0.717) is 45.0 Å². The molecule has 34 heavy (non-hydrogen) atoms. The predicted octanol–water partition coefficient (Wildman–Crippen LogP) is 6.82. The summed E-state index contributed by atoms with van der Waals surface area (Å²) >= 11 is 7.58. The van der Waals surface area contributed by atoms with Crippen LogP contribution in [-0.4, -0.2) is 32.6 Å². The van der Waals surface area contributed by atoms with Gasteiger partial charge in [0, 0.05) is 5.56 Å². The maximum absolute atomic E-state index is 14.8. The molecule has 1 aliphatic rings. The van der Waals surface area contributed by atoms with E-state index in [-0.39, 0.29) is 17.8 Å². The van der Waals surface area contributed by atoms with Crippen LogP contribution in [0.1, 0.15) is 40.0 Å². The molecule has 3 atom stereocenters. The molecule has 180 valence electrons. The van der Waals surface area contributed by atoms with Crippen molar-refractivity contribution in [2.24, 2.45) is 17.8 Å². The number of benzene rings is 2. The van der Waals surface area contributed by atoms with Crippen molar-refractivity contribution < 1.29 is 13.9 Å². The molecule has 3 unspecified atom stereocenters. The second-order valence-electron chi connectivity index (χ2n) is 9.22. The number of aromatic nitrogens is 3. The van der Waals surface area contributed by atoms with Gasteiger partial charge < -0.3 is 4.74 Å². The van der Waals surface area contributed by atoms with Crippen molar-refractivity contribution in [2.45, 2.75) is 51.3 Å². The van der Waals surface area contributed by atoms with E-state index in [4.69, 9.17) is 16.3 Å². The molecule has 3 aromatic rings. The van der Waals surface area contributed by atoms with Crippen LogP contribution in [0.4, 0.5) is 4.39 Å². The van der Waals surface area contributed by atoms with Gasteiger partial charge in [-0.1, -0.05) is 74.8 Å². The highest BCUT2D eigenvalue weighted by molar-refractivity contribution is 7.99. The highest BCUT2D eigenvalue weighted by Gasteiger charge is 2.33. The molecule has 1 saturated carbocycles. The van der Waals surface area contributed by atoms with Gasteiger partial charge in [-0.3, -0.25) is 9.36 Å². The van der Waals surface area contributed by atoms with Gasteiger partial charge in [0.25, 0.3) is 0 Å². The Labute approximate surface area is 209 Å². The zero-order chi connectivity index (χ0) is 24.2. The summed E-state index contributed by atoms with van der Waals surface area (Å²) in [4.78, 5) is 12.8. The minimum atomic E-state index is -0.420. The Morgan fingerprint density at radius 1 is 1.18 bits per heavy atom. The Bertz CT molecular complexity index is 1150. The Kier molecular flexibility index (Phi) is 7.94. The lowest BCUT2D eigenvalue weighted by atomic mass is 9.75. The van der Waals surface area contributed by atoms with Crippen molar-refractivity contribution >= 4 is 29.3 Å². The minimum absolute atomic E-state index is 0.0603. The number of rotatable bonds is 7. The van der Waals surface area contributed by atoms with Crippen molar-refractivity contribution in [2.75, 3.05) is 5.75 Å². The lowest BCUT2D eigenvalue weighted by Crippen LogP contribution is -2.36. The molecule has 8 heteroatoms. The van der Waals surface area contributed by atoms with Gasteiger partial charge in [0.1, 0.15) is 11.9 Å². The van der Waals surface area contributed by atoms with E-state index in [2.05, 4.69) is 31.0 Å². The maximum atomic E-state index is 14.8. The zero-order valence-corrected chi connectivity index (χ0v) is 21.2. The lowest BCUT2D eigenvalue weighted by molar-refractivity contribution is -0.152. The highest BCUT2D eigenvalue weighted by atomic mass is 35.5. The first-order valence-corrected chi connectivity index (χ1v) is 13.0. The molecule has 1 heterocycles. The number of nitrogens with zero attached hydrogens (tertiary/aromatic N) is 3. The molecule has 1 fully saturated rings. The third-order valence-electron chi connectivity index (χ3n) is 6.40. The molecule has 4 rings (SSSR count). The van der Waals surface area contributed by atoms with Gasteiger partial charge in [-0.2, -0.15) is 0 Å². The first-order valence-electron chi connectivity index (χ1n) is 11.6. The molecule has 0 bridgehead atoms. The number of carbonyl (C=O) groups is 1. The molecule has 0 spiro atoms. The quantitative estimate of drug-likeness (QED) is 0.262. The zero-order valence-electron chi connectivity index (χ0n) is 19.6. The van der Waals surface area contributed by atoms with Crippen LogP contribution in [0.15, 0.2) is 53.7 Å².